The molecule has 164 valence electrons. The number of halogens is 2. The standard InChI is InChI=1S/C22H20Cl2N6O2/c23-15-2-4-18(17(11-15)22(32)29-19-5-3-16(24)13-26-19)28-21(31)14-1-6-20(27-12-14)30-9-7-25-8-10-30/h1-6,11-13,25H,7-10H2,(H,28,31)(H,26,29,32). The highest BCUT2D eigenvalue weighted by Crippen LogP contribution is 2.23. The van der Waals surface area contributed by atoms with Gasteiger partial charge in [0.1, 0.15) is 11.6 Å². The number of anilines is 3. The summed E-state index contributed by atoms with van der Waals surface area (Å²) in [7, 11) is 0. The molecule has 3 heterocycles. The van der Waals surface area contributed by atoms with E-state index in [1.54, 1.807) is 30.3 Å². The van der Waals surface area contributed by atoms with Crippen LogP contribution in [0, 0.1) is 0 Å². The fourth-order valence-corrected chi connectivity index (χ4v) is 3.53. The Morgan fingerprint density at radius 1 is 0.875 bits per heavy atom. The highest BCUT2D eigenvalue weighted by atomic mass is 35.5. The summed E-state index contributed by atoms with van der Waals surface area (Å²) in [6.45, 7) is 3.53. The van der Waals surface area contributed by atoms with Gasteiger partial charge in [-0.15, -0.1) is 0 Å². The Morgan fingerprint density at radius 3 is 2.34 bits per heavy atom. The van der Waals surface area contributed by atoms with E-state index < -0.39 is 5.91 Å². The van der Waals surface area contributed by atoms with Gasteiger partial charge in [0.25, 0.3) is 11.8 Å². The van der Waals surface area contributed by atoms with Gasteiger partial charge in [0.15, 0.2) is 0 Å². The van der Waals surface area contributed by atoms with Gasteiger partial charge in [-0.1, -0.05) is 23.2 Å². The highest BCUT2D eigenvalue weighted by molar-refractivity contribution is 6.31. The zero-order valence-electron chi connectivity index (χ0n) is 16.9. The minimum Gasteiger partial charge on any atom is -0.354 e. The largest absolute Gasteiger partial charge is 0.354 e. The topological polar surface area (TPSA) is 99.2 Å². The first-order valence-electron chi connectivity index (χ1n) is 9.95. The van der Waals surface area contributed by atoms with Gasteiger partial charge in [-0.25, -0.2) is 9.97 Å². The Labute approximate surface area is 195 Å². The van der Waals surface area contributed by atoms with Crippen LogP contribution in [0.4, 0.5) is 17.3 Å². The number of rotatable bonds is 5. The number of amides is 2. The fourth-order valence-electron chi connectivity index (χ4n) is 3.24. The third-order valence-corrected chi connectivity index (χ3v) is 5.35. The van der Waals surface area contributed by atoms with E-state index in [-0.39, 0.29) is 11.5 Å². The smallest absolute Gasteiger partial charge is 0.258 e. The maximum atomic E-state index is 12.8. The molecule has 2 aromatic heterocycles. The van der Waals surface area contributed by atoms with E-state index >= 15 is 0 Å². The number of benzene rings is 1. The van der Waals surface area contributed by atoms with E-state index in [0.29, 0.717) is 27.1 Å². The van der Waals surface area contributed by atoms with Gasteiger partial charge in [0.2, 0.25) is 0 Å². The zero-order chi connectivity index (χ0) is 22.5. The van der Waals surface area contributed by atoms with Crippen LogP contribution in [0.1, 0.15) is 20.7 Å². The Morgan fingerprint density at radius 2 is 1.66 bits per heavy atom. The van der Waals surface area contributed by atoms with E-state index in [1.807, 2.05) is 6.07 Å². The number of pyridine rings is 2. The molecule has 3 aromatic rings. The molecule has 4 rings (SSSR count). The number of aromatic nitrogens is 2. The van der Waals surface area contributed by atoms with Crippen LogP contribution in [-0.2, 0) is 0 Å². The fraction of sp³-hybridized carbons (Fsp3) is 0.182. The summed E-state index contributed by atoms with van der Waals surface area (Å²) in [4.78, 5) is 36.2. The molecular formula is C22H20Cl2N6O2. The summed E-state index contributed by atoms with van der Waals surface area (Å²) in [5, 5.41) is 9.54. The van der Waals surface area contributed by atoms with Crippen LogP contribution in [-0.4, -0.2) is 48.0 Å². The van der Waals surface area contributed by atoms with Gasteiger partial charge in [0.05, 0.1) is 21.8 Å². The molecule has 0 spiro atoms. The van der Waals surface area contributed by atoms with E-state index in [4.69, 9.17) is 23.2 Å². The van der Waals surface area contributed by atoms with Crippen LogP contribution in [0.25, 0.3) is 0 Å². The number of carbonyl (C=O) groups excluding carboxylic acids is 2. The van der Waals surface area contributed by atoms with Crippen molar-refractivity contribution in [3.63, 3.8) is 0 Å². The molecule has 1 aromatic carbocycles. The molecule has 0 bridgehead atoms. The van der Waals surface area contributed by atoms with Crippen LogP contribution >= 0.6 is 23.2 Å². The minimum atomic E-state index is -0.468. The lowest BCUT2D eigenvalue weighted by atomic mass is 10.1. The summed E-state index contributed by atoms with van der Waals surface area (Å²) < 4.78 is 0. The first-order valence-corrected chi connectivity index (χ1v) is 10.7. The molecule has 32 heavy (non-hydrogen) atoms. The lowest BCUT2D eigenvalue weighted by molar-refractivity contribution is 0.102. The second-order valence-electron chi connectivity index (χ2n) is 7.10. The number of nitrogens with one attached hydrogen (secondary N) is 3. The molecule has 1 aliphatic heterocycles. The molecule has 0 unspecified atom stereocenters. The summed E-state index contributed by atoms with van der Waals surface area (Å²) in [5.74, 6) is 0.296. The van der Waals surface area contributed by atoms with Crippen LogP contribution in [0.15, 0.2) is 54.9 Å². The number of hydrogen-bond donors (Lipinski definition) is 3. The van der Waals surface area contributed by atoms with E-state index in [2.05, 4.69) is 30.8 Å². The van der Waals surface area contributed by atoms with Gasteiger partial charge in [-0.2, -0.15) is 0 Å². The van der Waals surface area contributed by atoms with Crippen molar-refractivity contribution in [2.75, 3.05) is 41.7 Å². The average molecular weight is 471 g/mol. The highest BCUT2D eigenvalue weighted by Gasteiger charge is 2.17. The first-order chi connectivity index (χ1) is 15.5. The third kappa shape index (κ3) is 5.34. The molecule has 1 fully saturated rings. The third-order valence-electron chi connectivity index (χ3n) is 4.89. The molecule has 0 aliphatic carbocycles. The van der Waals surface area contributed by atoms with Gasteiger partial charge in [-0.3, -0.25) is 9.59 Å². The normalized spacial score (nSPS) is 13.5. The van der Waals surface area contributed by atoms with Crippen molar-refractivity contribution < 1.29 is 9.59 Å². The average Bonchev–Trinajstić information content (AvgIpc) is 2.82. The predicted octanol–water partition coefficient (Wildman–Crippen LogP) is 3.70. The Bertz CT molecular complexity index is 1120. The second-order valence-corrected chi connectivity index (χ2v) is 7.97. The summed E-state index contributed by atoms with van der Waals surface area (Å²) >= 11 is 11.9. The molecule has 0 saturated carbocycles. The van der Waals surface area contributed by atoms with Crippen molar-refractivity contribution in [2.24, 2.45) is 0 Å². The van der Waals surface area contributed by atoms with Gasteiger partial charge in [0, 0.05) is 43.6 Å². The molecular weight excluding hydrogens is 451 g/mol. The molecule has 3 N–H and O–H groups in total. The van der Waals surface area contributed by atoms with Gasteiger partial charge >= 0.3 is 0 Å². The number of piperazine rings is 1. The van der Waals surface area contributed by atoms with Crippen molar-refractivity contribution in [1.82, 2.24) is 15.3 Å². The predicted molar refractivity (Wildman–Crippen MR) is 126 cm³/mol. The maximum absolute atomic E-state index is 12.8. The maximum Gasteiger partial charge on any atom is 0.258 e. The first kappa shape index (κ1) is 22.0. The molecule has 1 saturated heterocycles. The SMILES string of the molecule is O=C(Nc1ccc(Cl)cc1C(=O)Nc1ccc(Cl)cn1)c1ccc(N2CCNCC2)nc1. The summed E-state index contributed by atoms with van der Waals surface area (Å²) in [6.07, 6.45) is 2.95. The Kier molecular flexibility index (Phi) is 6.84. The van der Waals surface area contributed by atoms with Crippen LogP contribution in [0.3, 0.4) is 0 Å². The summed E-state index contributed by atoms with van der Waals surface area (Å²) in [6, 6.07) is 11.4. The molecule has 1 aliphatic rings. The van der Waals surface area contributed by atoms with Crippen molar-refractivity contribution in [3.8, 4) is 0 Å². The molecule has 2 amide bonds. The van der Waals surface area contributed by atoms with Gasteiger partial charge in [-0.05, 0) is 42.5 Å². The monoisotopic (exact) mass is 470 g/mol. The van der Waals surface area contributed by atoms with E-state index in [9.17, 15) is 9.59 Å². The van der Waals surface area contributed by atoms with E-state index in [1.165, 1.54) is 18.5 Å². The molecule has 8 nitrogen and oxygen atoms in total. The Balaban J connectivity index is 1.49. The van der Waals surface area contributed by atoms with Crippen molar-refractivity contribution in [3.05, 3.63) is 76.0 Å². The number of hydrogen-bond acceptors (Lipinski definition) is 6. The molecule has 10 heteroatoms. The number of nitrogens with zero attached hydrogens (tertiary/aromatic N) is 3. The Hall–Kier alpha value is -3.20. The van der Waals surface area contributed by atoms with Crippen molar-refractivity contribution >= 4 is 52.3 Å². The zero-order valence-corrected chi connectivity index (χ0v) is 18.5. The minimum absolute atomic E-state index is 0.202. The van der Waals surface area contributed by atoms with Crippen LogP contribution in [0.5, 0.6) is 0 Å². The molecule has 0 atom stereocenters. The summed E-state index contributed by atoms with van der Waals surface area (Å²) in [5.41, 5.74) is 0.898. The molecule has 0 radical (unpaired) electrons. The van der Waals surface area contributed by atoms with Crippen LogP contribution < -0.4 is 20.9 Å². The van der Waals surface area contributed by atoms with E-state index in [0.717, 1.165) is 32.0 Å². The van der Waals surface area contributed by atoms with Crippen molar-refractivity contribution in [1.29, 1.82) is 0 Å². The quantitative estimate of drug-likeness (QED) is 0.525. The van der Waals surface area contributed by atoms with Gasteiger partial charge < -0.3 is 20.9 Å². The number of carbonyl (C=O) groups is 2. The second kappa shape index (κ2) is 9.95. The lowest BCUT2D eigenvalue weighted by Crippen LogP contribution is -2.43. The lowest BCUT2D eigenvalue weighted by Gasteiger charge is -2.28. The van der Waals surface area contributed by atoms with Crippen LogP contribution in [0.2, 0.25) is 10.0 Å². The van der Waals surface area contributed by atoms with Crippen molar-refractivity contribution in [2.45, 2.75) is 0 Å².